The van der Waals surface area contributed by atoms with Crippen LogP contribution in [0.15, 0.2) is 59.0 Å². The Morgan fingerprint density at radius 1 is 1.18 bits per heavy atom. The second-order valence-electron chi connectivity index (χ2n) is 7.31. The first-order valence-electron chi connectivity index (χ1n) is 9.61. The van der Waals surface area contributed by atoms with Crippen LogP contribution in [0.3, 0.4) is 0 Å². The second kappa shape index (κ2) is 7.11. The molecule has 28 heavy (non-hydrogen) atoms. The van der Waals surface area contributed by atoms with Crippen molar-refractivity contribution in [1.82, 2.24) is 15.3 Å². The molecule has 0 aliphatic carbocycles. The summed E-state index contributed by atoms with van der Waals surface area (Å²) in [5, 5.41) is 10.9. The lowest BCUT2D eigenvalue weighted by molar-refractivity contribution is 0.507. The van der Waals surface area contributed by atoms with Crippen LogP contribution in [0.25, 0.3) is 15.8 Å². The van der Waals surface area contributed by atoms with Crippen molar-refractivity contribution in [3.05, 3.63) is 70.3 Å². The summed E-state index contributed by atoms with van der Waals surface area (Å²) in [5.74, 6) is -0.287. The molecule has 0 saturated carbocycles. The molecule has 0 unspecified atom stereocenters. The summed E-state index contributed by atoms with van der Waals surface area (Å²) in [5.41, 5.74) is 5.56. The maximum absolute atomic E-state index is 14.8. The molecule has 0 saturated heterocycles. The summed E-state index contributed by atoms with van der Waals surface area (Å²) in [6.07, 6.45) is 13.4. The van der Waals surface area contributed by atoms with Crippen LogP contribution in [0.5, 0.6) is 0 Å². The van der Waals surface area contributed by atoms with Crippen LogP contribution in [0.1, 0.15) is 36.8 Å². The standard InChI is InChI=1S/C22H21FN4S/c1-14-3-2-4-17-5-6-19(26-27(17)13-14)16-11-18(23)21-20(12-16)28-22(25-21)15-7-9-24-10-8-15/h4-7,11-13,24H,2-3,8-10H2,1H3. The van der Waals surface area contributed by atoms with Gasteiger partial charge in [0.2, 0.25) is 0 Å². The summed E-state index contributed by atoms with van der Waals surface area (Å²) in [6.45, 7) is 3.90. The molecule has 0 spiro atoms. The quantitative estimate of drug-likeness (QED) is 0.784. The lowest BCUT2D eigenvalue weighted by atomic mass is 10.1. The maximum Gasteiger partial charge on any atom is 0.150 e. The molecule has 6 heteroatoms. The highest BCUT2D eigenvalue weighted by atomic mass is 32.1. The fraction of sp³-hybridized carbons (Fsp3) is 0.273. The minimum atomic E-state index is -0.287. The Morgan fingerprint density at radius 3 is 2.96 bits per heavy atom. The Balaban J connectivity index is 1.54. The third-order valence-corrected chi connectivity index (χ3v) is 6.29. The predicted octanol–water partition coefficient (Wildman–Crippen LogP) is 4.97. The molecule has 4 nitrogen and oxygen atoms in total. The molecule has 0 fully saturated rings. The molecule has 142 valence electrons. The highest BCUT2D eigenvalue weighted by molar-refractivity contribution is 7.19. The molecule has 1 aromatic heterocycles. The van der Waals surface area contributed by atoms with Gasteiger partial charge in [-0.3, -0.25) is 0 Å². The number of hydrogen-bond donors (Lipinski definition) is 1. The van der Waals surface area contributed by atoms with Crippen LogP contribution in [0.2, 0.25) is 0 Å². The van der Waals surface area contributed by atoms with Crippen LogP contribution in [-0.4, -0.2) is 28.8 Å². The van der Waals surface area contributed by atoms with Crippen molar-refractivity contribution >= 4 is 32.8 Å². The van der Waals surface area contributed by atoms with Gasteiger partial charge in [0.25, 0.3) is 0 Å². The first-order chi connectivity index (χ1) is 13.7. The Bertz CT molecular complexity index is 1100. The smallest absolute Gasteiger partial charge is 0.150 e. The molecule has 1 N–H and O–H groups in total. The zero-order valence-electron chi connectivity index (χ0n) is 15.7. The van der Waals surface area contributed by atoms with Crippen LogP contribution in [0.4, 0.5) is 4.39 Å². The third kappa shape index (κ3) is 3.23. The van der Waals surface area contributed by atoms with Gasteiger partial charge in [-0.2, -0.15) is 5.10 Å². The Hall–Kier alpha value is -2.57. The van der Waals surface area contributed by atoms with E-state index in [1.54, 1.807) is 17.4 Å². The molecule has 2 aromatic rings. The van der Waals surface area contributed by atoms with Gasteiger partial charge in [0, 0.05) is 18.3 Å². The van der Waals surface area contributed by atoms with Crippen molar-refractivity contribution in [3.63, 3.8) is 0 Å². The highest BCUT2D eigenvalue weighted by Gasteiger charge is 2.18. The zero-order valence-corrected chi connectivity index (χ0v) is 16.5. The zero-order chi connectivity index (χ0) is 19.1. The molecule has 3 aliphatic heterocycles. The number of fused-ring (bicyclic) bond motifs is 2. The van der Waals surface area contributed by atoms with Crippen LogP contribution < -0.4 is 5.32 Å². The Kier molecular flexibility index (Phi) is 4.45. The average Bonchev–Trinajstić information content (AvgIpc) is 3.05. The van der Waals surface area contributed by atoms with Gasteiger partial charge in [-0.1, -0.05) is 17.7 Å². The fourth-order valence-electron chi connectivity index (χ4n) is 3.68. The largest absolute Gasteiger partial charge is 0.313 e. The van der Waals surface area contributed by atoms with Gasteiger partial charge in [0.15, 0.2) is 5.82 Å². The summed E-state index contributed by atoms with van der Waals surface area (Å²) in [6, 6.07) is 3.56. The molecule has 5 rings (SSSR count). The summed E-state index contributed by atoms with van der Waals surface area (Å²) >= 11 is 1.56. The predicted molar refractivity (Wildman–Crippen MR) is 114 cm³/mol. The number of hydrogen-bond acceptors (Lipinski definition) is 5. The number of allylic oxidation sites excluding steroid dienone is 4. The number of nitrogens with zero attached hydrogens (tertiary/aromatic N) is 3. The number of aromatic nitrogens is 1. The number of nitrogens with one attached hydrogen (secondary N) is 1. The van der Waals surface area contributed by atoms with E-state index in [1.807, 2.05) is 17.2 Å². The van der Waals surface area contributed by atoms with Crippen LogP contribution >= 0.6 is 11.3 Å². The topological polar surface area (TPSA) is 40.5 Å². The monoisotopic (exact) mass is 392 g/mol. The number of thiazole rings is 1. The normalized spacial score (nSPS) is 19.6. The molecule has 0 radical (unpaired) electrons. The van der Waals surface area contributed by atoms with Crippen molar-refractivity contribution in [1.29, 1.82) is 0 Å². The van der Waals surface area contributed by atoms with Gasteiger partial charge in [0.1, 0.15) is 10.5 Å². The van der Waals surface area contributed by atoms with Gasteiger partial charge < -0.3 is 5.32 Å². The minimum Gasteiger partial charge on any atom is -0.313 e. The van der Waals surface area contributed by atoms with Crippen molar-refractivity contribution < 1.29 is 4.39 Å². The number of rotatable bonds is 2. The van der Waals surface area contributed by atoms with Gasteiger partial charge in [-0.15, -0.1) is 11.3 Å². The summed E-state index contributed by atoms with van der Waals surface area (Å²) in [7, 11) is 0. The SMILES string of the molecule is CC1=CN2N=C(c3cc(F)c4nc(C5=CCNCC5)sc4c3)C=CC2=CCC1. The van der Waals surface area contributed by atoms with Gasteiger partial charge in [-0.25, -0.2) is 14.4 Å². The van der Waals surface area contributed by atoms with Crippen LogP contribution in [-0.2, 0) is 0 Å². The van der Waals surface area contributed by atoms with E-state index in [1.165, 1.54) is 11.1 Å². The maximum atomic E-state index is 14.8. The van der Waals surface area contributed by atoms with E-state index < -0.39 is 0 Å². The van der Waals surface area contributed by atoms with Crippen molar-refractivity contribution in [2.75, 3.05) is 13.1 Å². The number of benzene rings is 1. The first-order valence-corrected chi connectivity index (χ1v) is 10.4. The van der Waals surface area contributed by atoms with E-state index in [2.05, 4.69) is 41.7 Å². The van der Waals surface area contributed by atoms with Crippen molar-refractivity contribution in [2.45, 2.75) is 26.2 Å². The molecular formula is C22H21FN4S. The molecule has 0 amide bonds. The molecule has 4 heterocycles. The molecule has 3 aliphatic rings. The summed E-state index contributed by atoms with van der Waals surface area (Å²) in [4.78, 5) is 4.57. The Labute approximate surface area is 167 Å². The van der Waals surface area contributed by atoms with E-state index >= 15 is 0 Å². The van der Waals surface area contributed by atoms with Crippen LogP contribution in [0, 0.1) is 5.82 Å². The Morgan fingerprint density at radius 2 is 2.11 bits per heavy atom. The first kappa shape index (κ1) is 17.5. The number of halogens is 1. The second-order valence-corrected chi connectivity index (χ2v) is 8.34. The average molecular weight is 393 g/mol. The van der Waals surface area contributed by atoms with Gasteiger partial charge in [-0.05, 0) is 62.6 Å². The molecule has 1 aromatic carbocycles. The lowest BCUT2D eigenvalue weighted by Crippen LogP contribution is -2.19. The fourth-order valence-corrected chi connectivity index (χ4v) is 4.77. The number of hydrazone groups is 1. The van der Waals surface area contributed by atoms with E-state index in [4.69, 9.17) is 5.10 Å². The molecule has 0 atom stereocenters. The molecule has 0 bridgehead atoms. The van der Waals surface area contributed by atoms with Crippen molar-refractivity contribution in [2.24, 2.45) is 5.10 Å². The van der Waals surface area contributed by atoms with Gasteiger partial charge in [0.05, 0.1) is 16.1 Å². The third-order valence-electron chi connectivity index (χ3n) is 5.21. The summed E-state index contributed by atoms with van der Waals surface area (Å²) < 4.78 is 15.7. The molecular weight excluding hydrogens is 371 g/mol. The van der Waals surface area contributed by atoms with E-state index in [-0.39, 0.29) is 5.82 Å². The minimum absolute atomic E-state index is 0.287. The van der Waals surface area contributed by atoms with E-state index in [9.17, 15) is 4.39 Å². The van der Waals surface area contributed by atoms with Crippen molar-refractivity contribution in [3.8, 4) is 0 Å². The highest BCUT2D eigenvalue weighted by Crippen LogP contribution is 2.32. The van der Waals surface area contributed by atoms with E-state index in [0.717, 1.165) is 59.0 Å². The van der Waals surface area contributed by atoms with Gasteiger partial charge >= 0.3 is 0 Å². The lowest BCUT2D eigenvalue weighted by Gasteiger charge is -2.20. The van der Waals surface area contributed by atoms with E-state index in [0.29, 0.717) is 5.52 Å².